The first kappa shape index (κ1) is 16.4. The summed E-state index contributed by atoms with van der Waals surface area (Å²) in [4.78, 5) is 17.0. The molecule has 0 bridgehead atoms. The average Bonchev–Trinajstić information content (AvgIpc) is 2.33. The molecule has 3 N–H and O–H groups in total. The van der Waals surface area contributed by atoms with E-state index in [0.29, 0.717) is 5.69 Å². The quantitative estimate of drug-likeness (QED) is 0.829. The largest absolute Gasteiger partial charge is 0.387 e. The first-order valence-corrected chi connectivity index (χ1v) is 6.51. The van der Waals surface area contributed by atoms with Gasteiger partial charge >= 0.3 is 0 Å². The number of hydrogen-bond donors (Lipinski definition) is 2. The van der Waals surface area contributed by atoms with Crippen LogP contribution in [0, 0.1) is 0 Å². The van der Waals surface area contributed by atoms with Crippen molar-refractivity contribution in [2.45, 2.75) is 45.5 Å². The van der Waals surface area contributed by atoms with Crippen LogP contribution in [0.2, 0.25) is 0 Å². The molecule has 112 valence electrons. The van der Waals surface area contributed by atoms with Gasteiger partial charge in [-0.3, -0.25) is 9.78 Å². The molecule has 0 aliphatic carbocycles. The monoisotopic (exact) mass is 283 g/mol. The van der Waals surface area contributed by atoms with E-state index in [4.69, 9.17) is 5.73 Å². The maximum Gasteiger partial charge on any atom is 0.252 e. The number of hydrogen-bond acceptors (Lipinski definition) is 4. The second-order valence-corrected chi connectivity index (χ2v) is 5.62. The minimum Gasteiger partial charge on any atom is -0.387 e. The maximum atomic E-state index is 14.1. The molecule has 1 aromatic rings. The zero-order valence-electron chi connectivity index (χ0n) is 12.3. The van der Waals surface area contributed by atoms with Crippen molar-refractivity contribution < 1.29 is 14.3 Å². The first-order valence-electron chi connectivity index (χ1n) is 6.51. The summed E-state index contributed by atoms with van der Waals surface area (Å²) in [6.07, 6.45) is 1.43. The van der Waals surface area contributed by atoms with Gasteiger partial charge < -0.3 is 15.7 Å². The number of halogens is 1. The fourth-order valence-electron chi connectivity index (χ4n) is 1.81. The number of aliphatic hydroxyl groups is 1. The van der Waals surface area contributed by atoms with Gasteiger partial charge in [0.1, 0.15) is 6.17 Å². The Morgan fingerprint density at radius 1 is 1.55 bits per heavy atom. The molecular formula is C14H22FN3O2. The standard InChI is InChI=1S/C14H22FN3O2/c1-9(2)18(8-12(15)14(3,4)20)11-5-6-17-7-10(11)13(16)19/h5-7,9,12,20H,8H2,1-4H3,(H2,16,19)/t12-/m1/s1. The maximum absolute atomic E-state index is 14.1. The van der Waals surface area contributed by atoms with Crippen LogP contribution in [0.15, 0.2) is 18.5 Å². The summed E-state index contributed by atoms with van der Waals surface area (Å²) in [7, 11) is 0. The number of primary amides is 1. The molecule has 1 heterocycles. The van der Waals surface area contributed by atoms with E-state index in [1.807, 2.05) is 13.8 Å². The van der Waals surface area contributed by atoms with Crippen LogP contribution in [0.4, 0.5) is 10.1 Å². The number of anilines is 1. The summed E-state index contributed by atoms with van der Waals surface area (Å²) in [5, 5.41) is 9.74. The summed E-state index contributed by atoms with van der Waals surface area (Å²) in [5.74, 6) is -0.614. The smallest absolute Gasteiger partial charge is 0.252 e. The van der Waals surface area contributed by atoms with Gasteiger partial charge in [0.15, 0.2) is 0 Å². The van der Waals surface area contributed by atoms with Crippen molar-refractivity contribution >= 4 is 11.6 Å². The SMILES string of the molecule is CC(C)N(C[C@@H](F)C(C)(C)O)c1ccncc1C(N)=O. The molecule has 1 aromatic heterocycles. The van der Waals surface area contributed by atoms with Gasteiger partial charge in [-0.15, -0.1) is 0 Å². The Hall–Kier alpha value is -1.69. The molecule has 0 unspecified atom stereocenters. The summed E-state index contributed by atoms with van der Waals surface area (Å²) < 4.78 is 14.1. The molecule has 0 aliphatic heterocycles. The van der Waals surface area contributed by atoms with Gasteiger partial charge in [-0.2, -0.15) is 0 Å². The van der Waals surface area contributed by atoms with E-state index in [-0.39, 0.29) is 18.2 Å². The van der Waals surface area contributed by atoms with Crippen LogP contribution < -0.4 is 10.6 Å². The van der Waals surface area contributed by atoms with Crippen LogP contribution >= 0.6 is 0 Å². The van der Waals surface area contributed by atoms with E-state index >= 15 is 0 Å². The minimum atomic E-state index is -1.46. The third-order valence-electron chi connectivity index (χ3n) is 3.12. The van der Waals surface area contributed by atoms with E-state index in [0.717, 1.165) is 0 Å². The van der Waals surface area contributed by atoms with Crippen LogP contribution in [0.25, 0.3) is 0 Å². The van der Waals surface area contributed by atoms with E-state index in [9.17, 15) is 14.3 Å². The summed E-state index contributed by atoms with van der Waals surface area (Å²) in [6, 6.07) is 1.56. The Kier molecular flexibility index (Phi) is 5.05. The van der Waals surface area contributed by atoms with Gasteiger partial charge in [0.25, 0.3) is 5.91 Å². The highest BCUT2D eigenvalue weighted by Gasteiger charge is 2.30. The highest BCUT2D eigenvalue weighted by Crippen LogP contribution is 2.24. The second kappa shape index (κ2) is 6.17. The van der Waals surface area contributed by atoms with Gasteiger partial charge in [-0.25, -0.2) is 4.39 Å². The zero-order chi connectivity index (χ0) is 15.5. The predicted octanol–water partition coefficient (Wildman–Crippen LogP) is 1.50. The second-order valence-electron chi connectivity index (χ2n) is 5.62. The molecule has 0 aromatic carbocycles. The van der Waals surface area contributed by atoms with E-state index in [1.165, 1.54) is 26.2 Å². The summed E-state index contributed by atoms with van der Waals surface area (Å²) in [6.45, 7) is 6.55. The van der Waals surface area contributed by atoms with Crippen LogP contribution in [-0.4, -0.2) is 40.4 Å². The molecule has 0 saturated carbocycles. The average molecular weight is 283 g/mol. The van der Waals surface area contributed by atoms with Crippen molar-refractivity contribution in [1.82, 2.24) is 4.98 Å². The lowest BCUT2D eigenvalue weighted by molar-refractivity contribution is 0.000108. The number of alkyl halides is 1. The molecule has 0 aliphatic rings. The van der Waals surface area contributed by atoms with Gasteiger partial charge in [-0.1, -0.05) is 0 Å². The van der Waals surface area contributed by atoms with Crippen LogP contribution in [0.3, 0.4) is 0 Å². The summed E-state index contributed by atoms with van der Waals surface area (Å²) >= 11 is 0. The predicted molar refractivity (Wildman–Crippen MR) is 76.4 cm³/mol. The Balaban J connectivity index is 3.13. The van der Waals surface area contributed by atoms with Crippen molar-refractivity contribution in [2.24, 2.45) is 5.73 Å². The molecule has 0 spiro atoms. The highest BCUT2D eigenvalue weighted by atomic mass is 19.1. The molecule has 5 nitrogen and oxygen atoms in total. The van der Waals surface area contributed by atoms with Crippen molar-refractivity contribution in [1.29, 1.82) is 0 Å². The van der Waals surface area contributed by atoms with Crippen LogP contribution in [-0.2, 0) is 0 Å². The number of pyridine rings is 1. The van der Waals surface area contributed by atoms with Gasteiger partial charge in [-0.05, 0) is 33.8 Å². The van der Waals surface area contributed by atoms with E-state index < -0.39 is 17.7 Å². The number of nitrogens with zero attached hydrogens (tertiary/aromatic N) is 2. The van der Waals surface area contributed by atoms with Crippen molar-refractivity contribution in [3.63, 3.8) is 0 Å². The Bertz CT molecular complexity index is 472. The lowest BCUT2D eigenvalue weighted by Gasteiger charge is -2.34. The fraction of sp³-hybridized carbons (Fsp3) is 0.571. The topological polar surface area (TPSA) is 79.4 Å². The third kappa shape index (κ3) is 3.90. The lowest BCUT2D eigenvalue weighted by Crippen LogP contribution is -2.45. The number of aromatic nitrogens is 1. The first-order chi connectivity index (χ1) is 9.14. The molecule has 0 fully saturated rings. The lowest BCUT2D eigenvalue weighted by atomic mass is 10.0. The fourth-order valence-corrected chi connectivity index (χ4v) is 1.81. The molecule has 0 saturated heterocycles. The number of nitrogens with two attached hydrogens (primary N) is 1. The summed E-state index contributed by atoms with van der Waals surface area (Å²) in [5.41, 5.74) is 4.63. The minimum absolute atomic E-state index is 0.0362. The Morgan fingerprint density at radius 2 is 2.15 bits per heavy atom. The molecular weight excluding hydrogens is 261 g/mol. The van der Waals surface area contributed by atoms with Gasteiger partial charge in [0, 0.05) is 18.4 Å². The number of carbonyl (C=O) groups is 1. The zero-order valence-corrected chi connectivity index (χ0v) is 12.3. The highest BCUT2D eigenvalue weighted by molar-refractivity contribution is 5.98. The third-order valence-corrected chi connectivity index (χ3v) is 3.12. The molecule has 6 heteroatoms. The Labute approximate surface area is 118 Å². The number of carbonyl (C=O) groups excluding carboxylic acids is 1. The Morgan fingerprint density at radius 3 is 2.60 bits per heavy atom. The van der Waals surface area contributed by atoms with Gasteiger partial charge in [0.05, 0.1) is 23.4 Å². The normalized spacial score (nSPS) is 13.3. The van der Waals surface area contributed by atoms with Crippen molar-refractivity contribution in [2.75, 3.05) is 11.4 Å². The molecule has 0 radical (unpaired) electrons. The number of amides is 1. The van der Waals surface area contributed by atoms with Gasteiger partial charge in [0.2, 0.25) is 0 Å². The van der Waals surface area contributed by atoms with Crippen LogP contribution in [0.1, 0.15) is 38.1 Å². The van der Waals surface area contributed by atoms with E-state index in [1.54, 1.807) is 11.0 Å². The van der Waals surface area contributed by atoms with Crippen molar-refractivity contribution in [3.05, 3.63) is 24.0 Å². The molecule has 20 heavy (non-hydrogen) atoms. The molecule has 1 amide bonds. The van der Waals surface area contributed by atoms with E-state index in [2.05, 4.69) is 4.98 Å². The molecule has 1 atom stereocenters. The number of rotatable bonds is 6. The van der Waals surface area contributed by atoms with Crippen LogP contribution in [0.5, 0.6) is 0 Å². The van der Waals surface area contributed by atoms with Crippen molar-refractivity contribution in [3.8, 4) is 0 Å². The molecule has 1 rings (SSSR count).